The average Bonchev–Trinajstić information content (AvgIpc) is 3.64. The summed E-state index contributed by atoms with van der Waals surface area (Å²) in [6, 6.07) is 40.1. The minimum Gasteiger partial charge on any atom is -0.507 e. The van der Waals surface area contributed by atoms with E-state index in [1.807, 2.05) is 75.4 Å². The third-order valence-corrected chi connectivity index (χ3v) is 10.00. The highest BCUT2D eigenvalue weighted by molar-refractivity contribution is 5.84. The fourth-order valence-electron chi connectivity index (χ4n) is 6.96. The zero-order valence-corrected chi connectivity index (χ0v) is 33.3. The van der Waals surface area contributed by atoms with Crippen molar-refractivity contribution in [2.75, 3.05) is 0 Å². The second-order valence-corrected chi connectivity index (χ2v) is 16.0. The molecule has 8 heteroatoms. The Morgan fingerprint density at radius 1 is 0.579 bits per heavy atom. The van der Waals surface area contributed by atoms with Crippen LogP contribution in [-0.4, -0.2) is 30.0 Å². The summed E-state index contributed by atoms with van der Waals surface area (Å²) in [6.45, 7) is 14.8. The maximum atomic E-state index is 11.5. The summed E-state index contributed by atoms with van der Waals surface area (Å²) in [5.41, 5.74) is 9.54. The van der Waals surface area contributed by atoms with Crippen molar-refractivity contribution in [2.24, 2.45) is 0 Å². The van der Waals surface area contributed by atoms with Crippen molar-refractivity contribution in [3.8, 4) is 73.8 Å². The highest BCUT2D eigenvalue weighted by Crippen LogP contribution is 2.39. The molecule has 1 N–H and O–H groups in total. The lowest BCUT2D eigenvalue weighted by atomic mass is 9.88. The van der Waals surface area contributed by atoms with Crippen molar-refractivity contribution in [2.45, 2.75) is 65.7 Å². The number of hydrogen-bond acceptors (Lipinski definition) is 8. The van der Waals surface area contributed by atoms with Crippen LogP contribution in [0.25, 0.3) is 67.5 Å². The van der Waals surface area contributed by atoms with Gasteiger partial charge < -0.3 is 14.3 Å². The Balaban J connectivity index is 1.20. The summed E-state index contributed by atoms with van der Waals surface area (Å²) in [5.74, 6) is 3.30. The molecule has 0 fully saturated rings. The lowest BCUT2D eigenvalue weighted by molar-refractivity contribution is 0.411. The lowest BCUT2D eigenvalue weighted by Crippen LogP contribution is -2.10. The number of fused-ring (bicyclic) bond motifs is 1. The molecule has 3 heterocycles. The Hall–Kier alpha value is -6.67. The number of ether oxygens (including phenoxy) is 1. The van der Waals surface area contributed by atoms with Crippen LogP contribution in [0.4, 0.5) is 0 Å². The van der Waals surface area contributed by atoms with Gasteiger partial charge in [0.1, 0.15) is 17.0 Å². The molecule has 8 rings (SSSR count). The summed E-state index contributed by atoms with van der Waals surface area (Å²) in [5, 5.41) is 11.5. The number of phenolic OH excluding ortho intramolecular Hbond substituents is 1. The number of rotatable bonds is 9. The molecule has 0 bridgehead atoms. The topological polar surface area (TPSA) is 107 Å². The molecule has 0 radical (unpaired) electrons. The Bertz CT molecular complexity index is 2690. The molecule has 0 unspecified atom stereocenters. The van der Waals surface area contributed by atoms with Gasteiger partial charge in [0.2, 0.25) is 11.8 Å². The largest absolute Gasteiger partial charge is 0.507 e. The van der Waals surface area contributed by atoms with Crippen LogP contribution in [0.1, 0.15) is 77.3 Å². The molecule has 3 aromatic heterocycles. The van der Waals surface area contributed by atoms with Crippen molar-refractivity contribution in [1.29, 1.82) is 0 Å². The number of phenols is 1. The second kappa shape index (κ2) is 15.1. The van der Waals surface area contributed by atoms with E-state index in [1.165, 1.54) is 5.56 Å². The molecule has 0 aliphatic heterocycles. The monoisotopic (exact) mass is 751 g/mol. The van der Waals surface area contributed by atoms with E-state index in [-0.39, 0.29) is 23.0 Å². The normalized spacial score (nSPS) is 11.8. The number of hydrogen-bond donors (Lipinski definition) is 1. The highest BCUT2D eigenvalue weighted by atomic mass is 16.5. The van der Waals surface area contributed by atoms with E-state index in [1.54, 1.807) is 18.3 Å². The predicted molar refractivity (Wildman–Crippen MR) is 227 cm³/mol. The molecule has 57 heavy (non-hydrogen) atoms. The Labute approximate surface area is 333 Å². The van der Waals surface area contributed by atoms with Crippen molar-refractivity contribution in [3.05, 3.63) is 145 Å². The van der Waals surface area contributed by atoms with Crippen LogP contribution in [0.15, 0.2) is 132 Å². The summed E-state index contributed by atoms with van der Waals surface area (Å²) >= 11 is 0. The van der Waals surface area contributed by atoms with Crippen LogP contribution in [0.2, 0.25) is 0 Å². The van der Waals surface area contributed by atoms with Crippen LogP contribution in [-0.2, 0) is 5.41 Å². The summed E-state index contributed by atoms with van der Waals surface area (Å²) in [4.78, 5) is 24.4. The van der Waals surface area contributed by atoms with Gasteiger partial charge in [-0.1, -0.05) is 133 Å². The molecule has 0 saturated carbocycles. The molecular weight excluding hydrogens is 707 g/mol. The molecule has 284 valence electrons. The van der Waals surface area contributed by atoms with Gasteiger partial charge in [-0.25, -0.2) is 24.9 Å². The molecule has 0 saturated heterocycles. The van der Waals surface area contributed by atoms with Gasteiger partial charge in [0.15, 0.2) is 23.1 Å². The van der Waals surface area contributed by atoms with Crippen molar-refractivity contribution < 1.29 is 14.3 Å². The Morgan fingerprint density at radius 2 is 1.19 bits per heavy atom. The van der Waals surface area contributed by atoms with Crippen LogP contribution in [0.3, 0.4) is 0 Å². The molecule has 0 aliphatic rings. The number of oxazole rings is 1. The lowest BCUT2D eigenvalue weighted by Gasteiger charge is -2.19. The summed E-state index contributed by atoms with van der Waals surface area (Å²) in [6.07, 6.45) is 1.75. The van der Waals surface area contributed by atoms with Gasteiger partial charge in [-0.05, 0) is 69.5 Å². The third-order valence-electron chi connectivity index (χ3n) is 10.00. The van der Waals surface area contributed by atoms with E-state index in [2.05, 4.69) is 92.3 Å². The van der Waals surface area contributed by atoms with Gasteiger partial charge in [0.05, 0.1) is 5.56 Å². The van der Waals surface area contributed by atoms with Gasteiger partial charge in [-0.15, -0.1) is 0 Å². The third kappa shape index (κ3) is 7.76. The maximum Gasteiger partial charge on any atom is 0.219 e. The van der Waals surface area contributed by atoms with Gasteiger partial charge >= 0.3 is 0 Å². The van der Waals surface area contributed by atoms with E-state index in [0.717, 1.165) is 33.4 Å². The minimum absolute atomic E-state index is 0.00154. The number of benzene rings is 5. The molecular formula is C49H45N5O3. The number of aromatic nitrogens is 5. The number of nitrogens with zero attached hydrogens (tertiary/aromatic N) is 5. The molecule has 0 spiro atoms. The summed E-state index contributed by atoms with van der Waals surface area (Å²) < 4.78 is 12.6. The first-order valence-electron chi connectivity index (χ1n) is 19.3. The van der Waals surface area contributed by atoms with Gasteiger partial charge in [-0.3, -0.25) is 0 Å². The second-order valence-electron chi connectivity index (χ2n) is 16.0. The first-order chi connectivity index (χ1) is 27.4. The van der Waals surface area contributed by atoms with E-state index in [0.29, 0.717) is 57.2 Å². The molecule has 0 amide bonds. The van der Waals surface area contributed by atoms with E-state index in [4.69, 9.17) is 24.1 Å². The number of pyridine rings is 1. The first kappa shape index (κ1) is 37.3. The SMILES string of the molecule is CC(C)c1cccc(C(C)C)c1-c1nc(-c2cccc(Oc3cc(-c4ccc(-c5ccccc5)cc4)ccn3)c2)nc(-c2cc3oc(C(C)(C)C)nc3cc2O)n1. The van der Waals surface area contributed by atoms with Crippen LogP contribution >= 0.6 is 0 Å². The summed E-state index contributed by atoms with van der Waals surface area (Å²) in [7, 11) is 0. The zero-order valence-electron chi connectivity index (χ0n) is 33.3. The van der Waals surface area contributed by atoms with Crippen molar-refractivity contribution in [3.63, 3.8) is 0 Å². The fraction of sp³-hybridized carbons (Fsp3) is 0.204. The van der Waals surface area contributed by atoms with Crippen LogP contribution < -0.4 is 4.74 Å². The minimum atomic E-state index is -0.311. The highest BCUT2D eigenvalue weighted by Gasteiger charge is 2.25. The average molecular weight is 752 g/mol. The standard InChI is InChI=1S/C49H45N5O3/c1-29(2)37-17-12-18-38(30(3)4)44(37)47-53-45(52-46(54-47)39-27-42-40(28-41(39)55)51-48(57-42)49(5,6)7)35-15-11-16-36(25-35)56-43-26-34(23-24-50-43)33-21-19-32(20-22-33)31-13-9-8-10-14-31/h8-30,55H,1-7H3. The quantitative estimate of drug-likeness (QED) is 0.155. The molecule has 0 atom stereocenters. The smallest absolute Gasteiger partial charge is 0.219 e. The Kier molecular flexibility index (Phi) is 9.88. The molecule has 8 aromatic rings. The van der Waals surface area contributed by atoms with E-state index >= 15 is 0 Å². The van der Waals surface area contributed by atoms with Gasteiger partial charge in [0, 0.05) is 34.9 Å². The zero-order chi connectivity index (χ0) is 39.8. The van der Waals surface area contributed by atoms with Crippen LogP contribution in [0.5, 0.6) is 17.4 Å². The van der Waals surface area contributed by atoms with Gasteiger partial charge in [0.25, 0.3) is 0 Å². The molecule has 5 aromatic carbocycles. The van der Waals surface area contributed by atoms with E-state index in [9.17, 15) is 5.11 Å². The Morgan fingerprint density at radius 3 is 1.88 bits per heavy atom. The predicted octanol–water partition coefficient (Wildman–Crippen LogP) is 12.8. The van der Waals surface area contributed by atoms with Crippen molar-refractivity contribution in [1.82, 2.24) is 24.9 Å². The van der Waals surface area contributed by atoms with E-state index < -0.39 is 0 Å². The fourth-order valence-corrected chi connectivity index (χ4v) is 6.96. The first-order valence-corrected chi connectivity index (χ1v) is 19.3. The maximum absolute atomic E-state index is 11.5. The molecule has 8 nitrogen and oxygen atoms in total. The van der Waals surface area contributed by atoms with Gasteiger partial charge in [-0.2, -0.15) is 0 Å². The number of aromatic hydroxyl groups is 1. The van der Waals surface area contributed by atoms with Crippen molar-refractivity contribution >= 4 is 11.1 Å². The molecule has 0 aliphatic carbocycles. The van der Waals surface area contributed by atoms with Crippen LogP contribution in [0, 0.1) is 0 Å².